The minimum absolute atomic E-state index is 0.835. The fourth-order valence-corrected chi connectivity index (χ4v) is 2.26. The highest BCUT2D eigenvalue weighted by molar-refractivity contribution is 5.48. The summed E-state index contributed by atoms with van der Waals surface area (Å²) in [5.41, 5.74) is 3.63. The van der Waals surface area contributed by atoms with Crippen molar-refractivity contribution in [2.45, 2.75) is 33.7 Å². The van der Waals surface area contributed by atoms with Gasteiger partial charge in [0.15, 0.2) is 0 Å². The normalized spacial score (nSPS) is 10.4. The van der Waals surface area contributed by atoms with Crippen LogP contribution in [0.15, 0.2) is 42.5 Å². The van der Waals surface area contributed by atoms with E-state index in [1.165, 1.54) is 11.3 Å². The van der Waals surface area contributed by atoms with E-state index in [9.17, 15) is 0 Å². The second-order valence-electron chi connectivity index (χ2n) is 5.29. The van der Waals surface area contributed by atoms with E-state index in [1.807, 2.05) is 6.07 Å². The van der Waals surface area contributed by atoms with Crippen molar-refractivity contribution in [2.24, 2.45) is 0 Å². The van der Waals surface area contributed by atoms with Gasteiger partial charge in [0, 0.05) is 18.8 Å². The molecule has 3 nitrogen and oxygen atoms in total. The quantitative estimate of drug-likeness (QED) is 0.824. The van der Waals surface area contributed by atoms with E-state index in [-0.39, 0.29) is 0 Å². The lowest BCUT2D eigenvalue weighted by molar-refractivity contribution is 0.809. The molecule has 0 saturated carbocycles. The molecule has 0 fully saturated rings. The van der Waals surface area contributed by atoms with Crippen LogP contribution in [0.1, 0.15) is 31.5 Å². The Kier molecular flexibility index (Phi) is 5.61. The predicted octanol–water partition coefficient (Wildman–Crippen LogP) is 4.24. The zero-order valence-electron chi connectivity index (χ0n) is 13.3. The number of anilines is 2. The fraction of sp³-hybridized carbons (Fsp3) is 0.389. The highest BCUT2D eigenvalue weighted by Gasteiger charge is 2.06. The van der Waals surface area contributed by atoms with E-state index in [0.29, 0.717) is 0 Å². The number of aryl methyl sites for hydroxylation is 1. The summed E-state index contributed by atoms with van der Waals surface area (Å²) in [5.74, 6) is 0.967. The van der Waals surface area contributed by atoms with E-state index >= 15 is 0 Å². The first-order chi connectivity index (χ1) is 10.2. The molecule has 0 spiro atoms. The van der Waals surface area contributed by atoms with Gasteiger partial charge in [0.05, 0.1) is 12.2 Å². The molecule has 2 aromatic rings. The van der Waals surface area contributed by atoms with Crippen molar-refractivity contribution in [3.8, 4) is 0 Å². The first kappa shape index (κ1) is 15.4. The summed E-state index contributed by atoms with van der Waals surface area (Å²) in [6.45, 7) is 9.22. The second-order valence-corrected chi connectivity index (χ2v) is 5.29. The molecule has 1 aromatic heterocycles. The number of benzene rings is 1. The third kappa shape index (κ3) is 4.48. The van der Waals surface area contributed by atoms with Crippen molar-refractivity contribution in [3.63, 3.8) is 0 Å². The van der Waals surface area contributed by atoms with Gasteiger partial charge in [0.1, 0.15) is 5.82 Å². The van der Waals surface area contributed by atoms with Crippen LogP contribution in [0.5, 0.6) is 0 Å². The summed E-state index contributed by atoms with van der Waals surface area (Å²) in [6, 6.07) is 14.9. The third-order valence-corrected chi connectivity index (χ3v) is 3.50. The minimum Gasteiger partial charge on any atom is -0.370 e. The number of hydrogen-bond donors (Lipinski definition) is 1. The van der Waals surface area contributed by atoms with Crippen LogP contribution in [-0.2, 0) is 6.54 Å². The number of nitrogens with one attached hydrogen (secondary N) is 1. The number of pyridine rings is 1. The lowest BCUT2D eigenvalue weighted by Gasteiger charge is -2.23. The van der Waals surface area contributed by atoms with Crippen LogP contribution in [-0.4, -0.2) is 18.1 Å². The van der Waals surface area contributed by atoms with Crippen molar-refractivity contribution in [1.29, 1.82) is 0 Å². The van der Waals surface area contributed by atoms with Crippen molar-refractivity contribution in [1.82, 2.24) is 4.98 Å². The van der Waals surface area contributed by atoms with Gasteiger partial charge in [-0.2, -0.15) is 0 Å². The van der Waals surface area contributed by atoms with Crippen molar-refractivity contribution < 1.29 is 0 Å². The van der Waals surface area contributed by atoms with Gasteiger partial charge in [0.25, 0.3) is 0 Å². The average Bonchev–Trinajstić information content (AvgIpc) is 2.52. The Morgan fingerprint density at radius 1 is 1.05 bits per heavy atom. The van der Waals surface area contributed by atoms with Crippen LogP contribution >= 0.6 is 0 Å². The summed E-state index contributed by atoms with van der Waals surface area (Å²) < 4.78 is 0. The number of aromatic nitrogens is 1. The van der Waals surface area contributed by atoms with Gasteiger partial charge in [-0.1, -0.05) is 30.7 Å². The van der Waals surface area contributed by atoms with E-state index in [4.69, 9.17) is 0 Å². The highest BCUT2D eigenvalue weighted by Crippen LogP contribution is 2.17. The zero-order chi connectivity index (χ0) is 15.1. The summed E-state index contributed by atoms with van der Waals surface area (Å²) in [7, 11) is 0. The molecule has 1 N–H and O–H groups in total. The summed E-state index contributed by atoms with van der Waals surface area (Å²) in [5, 5.41) is 3.34. The Morgan fingerprint density at radius 2 is 1.81 bits per heavy atom. The molecular formula is C18H25N3. The summed E-state index contributed by atoms with van der Waals surface area (Å²) in [4.78, 5) is 7.03. The van der Waals surface area contributed by atoms with Gasteiger partial charge >= 0.3 is 0 Å². The Labute approximate surface area is 128 Å². The Balaban J connectivity index is 2.09. The maximum absolute atomic E-state index is 4.69. The zero-order valence-corrected chi connectivity index (χ0v) is 13.3. The largest absolute Gasteiger partial charge is 0.370 e. The van der Waals surface area contributed by atoms with Crippen LogP contribution in [0.25, 0.3) is 0 Å². The first-order valence-electron chi connectivity index (χ1n) is 7.74. The smallest absolute Gasteiger partial charge is 0.126 e. The number of hydrogen-bond acceptors (Lipinski definition) is 3. The third-order valence-electron chi connectivity index (χ3n) is 3.50. The minimum atomic E-state index is 0.835. The van der Waals surface area contributed by atoms with Gasteiger partial charge in [-0.3, -0.25) is 0 Å². The molecular weight excluding hydrogens is 258 g/mol. The van der Waals surface area contributed by atoms with Crippen LogP contribution in [0.4, 0.5) is 11.5 Å². The van der Waals surface area contributed by atoms with Gasteiger partial charge in [-0.05, 0) is 44.5 Å². The predicted molar refractivity (Wildman–Crippen MR) is 90.9 cm³/mol. The molecule has 0 atom stereocenters. The van der Waals surface area contributed by atoms with Crippen molar-refractivity contribution in [3.05, 3.63) is 53.7 Å². The summed E-state index contributed by atoms with van der Waals surface area (Å²) >= 11 is 0. The maximum atomic E-state index is 4.69. The number of rotatable bonds is 7. The molecule has 3 heteroatoms. The average molecular weight is 283 g/mol. The van der Waals surface area contributed by atoms with E-state index in [0.717, 1.165) is 37.6 Å². The van der Waals surface area contributed by atoms with Gasteiger partial charge < -0.3 is 10.2 Å². The molecule has 0 aliphatic rings. The molecule has 0 aliphatic carbocycles. The first-order valence-corrected chi connectivity index (χ1v) is 7.74. The molecule has 1 heterocycles. The van der Waals surface area contributed by atoms with Crippen molar-refractivity contribution >= 4 is 11.5 Å². The number of nitrogens with zero attached hydrogens (tertiary/aromatic N) is 2. The Hall–Kier alpha value is -2.03. The summed E-state index contributed by atoms with van der Waals surface area (Å²) in [6.07, 6.45) is 1.11. The molecule has 0 bridgehead atoms. The maximum Gasteiger partial charge on any atom is 0.126 e. The highest BCUT2D eigenvalue weighted by atomic mass is 15.1. The second kappa shape index (κ2) is 7.67. The van der Waals surface area contributed by atoms with Crippen LogP contribution in [0, 0.1) is 6.92 Å². The molecule has 0 aliphatic heterocycles. The van der Waals surface area contributed by atoms with Crippen LogP contribution < -0.4 is 10.2 Å². The fourth-order valence-electron chi connectivity index (χ4n) is 2.26. The van der Waals surface area contributed by atoms with E-state index < -0.39 is 0 Å². The van der Waals surface area contributed by atoms with E-state index in [1.54, 1.807) is 0 Å². The van der Waals surface area contributed by atoms with Crippen LogP contribution in [0.2, 0.25) is 0 Å². The van der Waals surface area contributed by atoms with Crippen molar-refractivity contribution in [2.75, 3.05) is 23.3 Å². The van der Waals surface area contributed by atoms with Crippen LogP contribution in [0.3, 0.4) is 0 Å². The lowest BCUT2D eigenvalue weighted by atomic mass is 10.2. The Bertz CT molecular complexity index is 549. The molecule has 112 valence electrons. The molecule has 0 amide bonds. The van der Waals surface area contributed by atoms with E-state index in [2.05, 4.69) is 72.4 Å². The van der Waals surface area contributed by atoms with Gasteiger partial charge in [0.2, 0.25) is 0 Å². The standard InChI is InChI=1S/C18H25N3/c1-4-13-19-18-8-6-7-16(20-18)14-21(5-2)17-11-9-15(3)10-12-17/h6-12H,4-5,13-14H2,1-3H3,(H,19,20). The molecule has 0 saturated heterocycles. The monoisotopic (exact) mass is 283 g/mol. The Morgan fingerprint density at radius 3 is 2.48 bits per heavy atom. The molecule has 0 radical (unpaired) electrons. The topological polar surface area (TPSA) is 28.2 Å². The lowest BCUT2D eigenvalue weighted by Crippen LogP contribution is -2.22. The molecule has 2 rings (SSSR count). The van der Waals surface area contributed by atoms with Gasteiger partial charge in [-0.15, -0.1) is 0 Å². The molecule has 0 unspecified atom stereocenters. The van der Waals surface area contributed by atoms with Gasteiger partial charge in [-0.25, -0.2) is 4.98 Å². The molecule has 1 aromatic carbocycles. The SMILES string of the molecule is CCCNc1cccc(CN(CC)c2ccc(C)cc2)n1. The molecule has 21 heavy (non-hydrogen) atoms.